The average Bonchev–Trinajstić information content (AvgIpc) is 3.01. The summed E-state index contributed by atoms with van der Waals surface area (Å²) in [5.74, 6) is 0.563. The molecular formula is C16H20N4OS. The molecular weight excluding hydrogens is 296 g/mol. The number of amides is 2. The molecule has 2 amide bonds. The maximum atomic E-state index is 11.9. The number of nitrogens with one attached hydrogen (secondary N) is 2. The number of aromatic nitrogens is 1. The molecule has 0 spiro atoms. The van der Waals surface area contributed by atoms with Gasteiger partial charge in [0.1, 0.15) is 5.82 Å². The molecule has 116 valence electrons. The first-order valence-corrected chi connectivity index (χ1v) is 8.35. The molecule has 1 aliphatic heterocycles. The number of carbonyl (C=O) groups is 1. The maximum absolute atomic E-state index is 11.9. The van der Waals surface area contributed by atoms with Gasteiger partial charge >= 0.3 is 6.03 Å². The van der Waals surface area contributed by atoms with Gasteiger partial charge in [-0.25, -0.2) is 9.78 Å². The van der Waals surface area contributed by atoms with Crippen LogP contribution >= 0.6 is 11.3 Å². The first kappa shape index (κ1) is 15.0. The Labute approximate surface area is 134 Å². The number of nitrogens with zero attached hydrogens (tertiary/aromatic N) is 2. The van der Waals surface area contributed by atoms with Crippen LogP contribution in [0.15, 0.2) is 35.8 Å². The first-order chi connectivity index (χ1) is 10.7. The van der Waals surface area contributed by atoms with E-state index in [1.165, 1.54) is 10.4 Å². The molecule has 1 aliphatic rings. The van der Waals surface area contributed by atoms with E-state index >= 15 is 0 Å². The zero-order chi connectivity index (χ0) is 15.4. The molecule has 6 heteroatoms. The molecule has 2 N–H and O–H groups in total. The van der Waals surface area contributed by atoms with Crippen LogP contribution in [0.25, 0.3) is 0 Å². The fourth-order valence-corrected chi connectivity index (χ4v) is 3.50. The van der Waals surface area contributed by atoms with Crippen molar-refractivity contribution < 1.29 is 4.79 Å². The minimum absolute atomic E-state index is 0.209. The van der Waals surface area contributed by atoms with Gasteiger partial charge in [-0.3, -0.25) is 10.2 Å². The maximum Gasteiger partial charge on any atom is 0.320 e. The van der Waals surface area contributed by atoms with E-state index in [1.807, 2.05) is 23.5 Å². The minimum Gasteiger partial charge on any atom is -0.336 e. The smallest absolute Gasteiger partial charge is 0.320 e. The van der Waals surface area contributed by atoms with Crippen molar-refractivity contribution >= 4 is 23.2 Å². The Morgan fingerprint density at radius 2 is 2.36 bits per heavy atom. The van der Waals surface area contributed by atoms with Gasteiger partial charge in [0, 0.05) is 36.8 Å². The van der Waals surface area contributed by atoms with E-state index in [0.29, 0.717) is 18.4 Å². The SMILES string of the molecule is C[C@H](CNC(=O)Nc1ccccn1)N1CCc2sccc2C1. The lowest BCUT2D eigenvalue weighted by Gasteiger charge is -2.32. The molecule has 1 atom stereocenters. The van der Waals surface area contributed by atoms with Gasteiger partial charge in [0.25, 0.3) is 0 Å². The Balaban J connectivity index is 1.46. The van der Waals surface area contributed by atoms with E-state index in [2.05, 4.69) is 38.9 Å². The third-order valence-electron chi connectivity index (χ3n) is 3.93. The molecule has 0 saturated heterocycles. The van der Waals surface area contributed by atoms with Crippen LogP contribution in [0.3, 0.4) is 0 Å². The molecule has 0 saturated carbocycles. The monoisotopic (exact) mass is 316 g/mol. The zero-order valence-corrected chi connectivity index (χ0v) is 13.4. The highest BCUT2D eigenvalue weighted by molar-refractivity contribution is 7.10. The number of fused-ring (bicyclic) bond motifs is 1. The van der Waals surface area contributed by atoms with Crippen LogP contribution in [-0.4, -0.2) is 35.0 Å². The second-order valence-corrected chi connectivity index (χ2v) is 6.49. The van der Waals surface area contributed by atoms with Crippen molar-refractivity contribution in [3.05, 3.63) is 46.3 Å². The van der Waals surface area contributed by atoms with E-state index in [4.69, 9.17) is 0 Å². The Kier molecular flexibility index (Phi) is 4.70. The van der Waals surface area contributed by atoms with Crippen molar-refractivity contribution in [1.29, 1.82) is 0 Å². The fraction of sp³-hybridized carbons (Fsp3) is 0.375. The summed E-state index contributed by atoms with van der Waals surface area (Å²) in [5.41, 5.74) is 1.43. The van der Waals surface area contributed by atoms with E-state index in [-0.39, 0.29) is 6.03 Å². The zero-order valence-electron chi connectivity index (χ0n) is 12.6. The van der Waals surface area contributed by atoms with Gasteiger partial charge in [-0.05, 0) is 42.5 Å². The number of rotatable bonds is 4. The largest absolute Gasteiger partial charge is 0.336 e. The van der Waals surface area contributed by atoms with Crippen LogP contribution < -0.4 is 10.6 Å². The Morgan fingerprint density at radius 3 is 3.18 bits per heavy atom. The molecule has 22 heavy (non-hydrogen) atoms. The first-order valence-electron chi connectivity index (χ1n) is 7.47. The quantitative estimate of drug-likeness (QED) is 0.912. The van der Waals surface area contributed by atoms with Crippen LogP contribution in [0.4, 0.5) is 10.6 Å². The Hall–Kier alpha value is -1.92. The van der Waals surface area contributed by atoms with Crippen LogP contribution in [0.2, 0.25) is 0 Å². The normalized spacial score (nSPS) is 15.9. The summed E-state index contributed by atoms with van der Waals surface area (Å²) in [6.07, 6.45) is 2.77. The number of carbonyl (C=O) groups excluding carboxylic acids is 1. The van der Waals surface area contributed by atoms with Gasteiger partial charge in [-0.2, -0.15) is 0 Å². The highest BCUT2D eigenvalue weighted by Crippen LogP contribution is 2.24. The summed E-state index contributed by atoms with van der Waals surface area (Å²) in [6, 6.07) is 7.74. The molecule has 2 aromatic rings. The summed E-state index contributed by atoms with van der Waals surface area (Å²) in [7, 11) is 0. The van der Waals surface area contributed by atoms with Crippen molar-refractivity contribution in [2.24, 2.45) is 0 Å². The highest BCUT2D eigenvalue weighted by atomic mass is 32.1. The second-order valence-electron chi connectivity index (χ2n) is 5.49. The molecule has 5 nitrogen and oxygen atoms in total. The summed E-state index contributed by atoms with van der Waals surface area (Å²) in [4.78, 5) is 19.9. The lowest BCUT2D eigenvalue weighted by atomic mass is 10.1. The number of hydrogen-bond acceptors (Lipinski definition) is 4. The van der Waals surface area contributed by atoms with Crippen LogP contribution in [0, 0.1) is 0 Å². The lowest BCUT2D eigenvalue weighted by molar-refractivity contribution is 0.188. The predicted octanol–water partition coefficient (Wildman–Crippen LogP) is 2.71. The predicted molar refractivity (Wildman–Crippen MR) is 89.2 cm³/mol. The number of thiophene rings is 1. The van der Waals surface area contributed by atoms with Gasteiger partial charge in [0.2, 0.25) is 0 Å². The molecule has 0 radical (unpaired) electrons. The van der Waals surface area contributed by atoms with Crippen molar-refractivity contribution in [3.8, 4) is 0 Å². The topological polar surface area (TPSA) is 57.3 Å². The third kappa shape index (κ3) is 3.64. The number of anilines is 1. The van der Waals surface area contributed by atoms with Crippen LogP contribution in [0.1, 0.15) is 17.4 Å². The lowest BCUT2D eigenvalue weighted by Crippen LogP contribution is -2.45. The third-order valence-corrected chi connectivity index (χ3v) is 4.95. The molecule has 0 aromatic carbocycles. The van der Waals surface area contributed by atoms with Gasteiger partial charge in [0.15, 0.2) is 0 Å². The van der Waals surface area contributed by atoms with E-state index in [1.54, 1.807) is 12.3 Å². The van der Waals surface area contributed by atoms with E-state index in [0.717, 1.165) is 19.5 Å². The van der Waals surface area contributed by atoms with Crippen molar-refractivity contribution in [3.63, 3.8) is 0 Å². The molecule has 0 aliphatic carbocycles. The van der Waals surface area contributed by atoms with E-state index in [9.17, 15) is 4.79 Å². The van der Waals surface area contributed by atoms with Gasteiger partial charge < -0.3 is 5.32 Å². The van der Waals surface area contributed by atoms with Gasteiger partial charge in [-0.1, -0.05) is 6.07 Å². The summed E-state index contributed by atoms with van der Waals surface area (Å²) < 4.78 is 0. The summed E-state index contributed by atoms with van der Waals surface area (Å²) >= 11 is 1.85. The van der Waals surface area contributed by atoms with E-state index < -0.39 is 0 Å². The average molecular weight is 316 g/mol. The second kappa shape index (κ2) is 6.89. The number of pyridine rings is 1. The summed E-state index contributed by atoms with van der Waals surface area (Å²) in [6.45, 7) is 4.80. The highest BCUT2D eigenvalue weighted by Gasteiger charge is 2.21. The van der Waals surface area contributed by atoms with Gasteiger partial charge in [0.05, 0.1) is 0 Å². The van der Waals surface area contributed by atoms with Crippen molar-refractivity contribution in [2.45, 2.75) is 25.9 Å². The van der Waals surface area contributed by atoms with Crippen molar-refractivity contribution in [1.82, 2.24) is 15.2 Å². The number of urea groups is 1. The minimum atomic E-state index is -0.209. The molecule has 2 aromatic heterocycles. The fourth-order valence-electron chi connectivity index (χ4n) is 2.61. The molecule has 3 rings (SSSR count). The summed E-state index contributed by atoms with van der Waals surface area (Å²) in [5, 5.41) is 7.81. The van der Waals surface area contributed by atoms with Crippen molar-refractivity contribution in [2.75, 3.05) is 18.4 Å². The standard InChI is InChI=1S/C16H20N4OS/c1-12(20-8-5-14-13(11-20)6-9-22-14)10-18-16(21)19-15-4-2-3-7-17-15/h2-4,6-7,9,12H,5,8,10-11H2,1H3,(H2,17,18,19,21)/t12-/m1/s1. The molecule has 0 fully saturated rings. The Morgan fingerprint density at radius 1 is 1.45 bits per heavy atom. The molecule has 0 bridgehead atoms. The van der Waals surface area contributed by atoms with Gasteiger partial charge in [-0.15, -0.1) is 11.3 Å². The molecule has 3 heterocycles. The van der Waals surface area contributed by atoms with Crippen LogP contribution in [-0.2, 0) is 13.0 Å². The molecule has 0 unspecified atom stereocenters. The van der Waals surface area contributed by atoms with Crippen LogP contribution in [0.5, 0.6) is 0 Å². The Bertz CT molecular complexity index is 628. The number of hydrogen-bond donors (Lipinski definition) is 2.